The normalized spacial score (nSPS) is 17.0. The average molecular weight is 637 g/mol. The molecule has 240 valence electrons. The Morgan fingerprint density at radius 3 is 2.16 bits per heavy atom. The van der Waals surface area contributed by atoms with Crippen LogP contribution in [0.3, 0.4) is 0 Å². The zero-order valence-electron chi connectivity index (χ0n) is 24.0. The molecule has 1 aliphatic heterocycles. The van der Waals surface area contributed by atoms with Gasteiger partial charge in [-0.3, -0.25) is 18.8 Å². The van der Waals surface area contributed by atoms with E-state index in [2.05, 4.69) is 10.1 Å². The molecule has 0 saturated carbocycles. The van der Waals surface area contributed by atoms with E-state index in [0.29, 0.717) is 11.3 Å². The first-order valence-corrected chi connectivity index (χ1v) is 14.0. The molecule has 2 aromatic carbocycles. The van der Waals surface area contributed by atoms with Gasteiger partial charge in [-0.1, -0.05) is 54.6 Å². The number of benzene rings is 2. The smallest absolute Gasteiger partial charge is 0.388 e. The van der Waals surface area contributed by atoms with E-state index in [1.165, 1.54) is 69.0 Å². The third-order valence-electron chi connectivity index (χ3n) is 8.20. The Balaban J connectivity index is 1.29. The molecule has 0 radical (unpaired) electrons. The number of nitrogens with two attached hydrogens (primary N) is 1. The Hall–Kier alpha value is -4.24. The Morgan fingerprint density at radius 2 is 1.58 bits per heavy atom. The van der Waals surface area contributed by atoms with Crippen LogP contribution in [0.2, 0.25) is 0 Å². The van der Waals surface area contributed by atoms with Gasteiger partial charge in [0.1, 0.15) is 11.6 Å². The van der Waals surface area contributed by atoms with Crippen LogP contribution in [0.25, 0.3) is 22.3 Å². The number of halogens is 6. The summed E-state index contributed by atoms with van der Waals surface area (Å²) in [7, 11) is 1.55. The first kappa shape index (κ1) is 32.2. The van der Waals surface area contributed by atoms with Crippen molar-refractivity contribution >= 4 is 16.9 Å². The van der Waals surface area contributed by atoms with E-state index in [1.54, 1.807) is 13.1 Å². The van der Waals surface area contributed by atoms with Crippen LogP contribution in [0, 0.1) is 0 Å². The van der Waals surface area contributed by atoms with Crippen LogP contribution in [0.4, 0.5) is 26.3 Å². The van der Waals surface area contributed by atoms with Gasteiger partial charge in [-0.05, 0) is 24.0 Å². The molecule has 2 aromatic heterocycles. The van der Waals surface area contributed by atoms with Crippen molar-refractivity contribution in [2.24, 2.45) is 12.8 Å². The minimum atomic E-state index is -4.62. The number of carbonyl (C=O) groups excluding carboxylic acids is 1. The van der Waals surface area contributed by atoms with Crippen molar-refractivity contribution < 1.29 is 36.2 Å². The maximum absolute atomic E-state index is 13.8. The predicted molar refractivity (Wildman–Crippen MR) is 152 cm³/mol. The highest BCUT2D eigenvalue weighted by Gasteiger charge is 2.43. The zero-order chi connectivity index (χ0) is 32.7. The van der Waals surface area contributed by atoms with Crippen molar-refractivity contribution in [3.05, 3.63) is 82.4 Å². The largest absolute Gasteiger partial charge is 0.407 e. The van der Waals surface area contributed by atoms with Gasteiger partial charge >= 0.3 is 12.4 Å². The summed E-state index contributed by atoms with van der Waals surface area (Å²) in [5.74, 6) is -2.64. The third-order valence-corrected chi connectivity index (χ3v) is 8.20. The van der Waals surface area contributed by atoms with Gasteiger partial charge in [-0.15, -0.1) is 0 Å². The number of nitrogens with zero attached hydrogens (tertiary/aromatic N) is 5. The van der Waals surface area contributed by atoms with Crippen molar-refractivity contribution in [3.8, 4) is 11.3 Å². The van der Waals surface area contributed by atoms with Crippen LogP contribution in [-0.4, -0.2) is 66.3 Å². The summed E-state index contributed by atoms with van der Waals surface area (Å²) in [6.07, 6.45) is -8.72. The number of hydrogen-bond donors (Lipinski definition) is 2. The number of aromatic nitrogens is 4. The van der Waals surface area contributed by atoms with Gasteiger partial charge in [0.05, 0.1) is 30.1 Å². The average Bonchev–Trinajstić information content (AvgIpc) is 3.33. The third kappa shape index (κ3) is 6.73. The fourth-order valence-electron chi connectivity index (χ4n) is 5.63. The summed E-state index contributed by atoms with van der Waals surface area (Å²) in [6, 6.07) is 10.4. The fourth-order valence-corrected chi connectivity index (χ4v) is 5.63. The summed E-state index contributed by atoms with van der Waals surface area (Å²) in [5.41, 5.74) is 4.16. The summed E-state index contributed by atoms with van der Waals surface area (Å²) >= 11 is 0. The van der Waals surface area contributed by atoms with Crippen LogP contribution >= 0.6 is 0 Å². The number of hydrogen-bond acceptors (Lipinski definition) is 6. The zero-order valence-corrected chi connectivity index (χ0v) is 24.0. The second-order valence-electron chi connectivity index (χ2n) is 11.3. The number of likely N-dealkylation sites (tertiary alicyclic amines) is 1. The molecule has 2 atom stereocenters. The minimum absolute atomic E-state index is 0.000843. The number of alkyl halides is 6. The second kappa shape index (κ2) is 11.9. The summed E-state index contributed by atoms with van der Waals surface area (Å²) in [6.45, 7) is -0.191. The van der Waals surface area contributed by atoms with Crippen LogP contribution in [0.1, 0.15) is 42.3 Å². The lowest BCUT2D eigenvalue weighted by molar-refractivity contribution is -0.162. The topological polar surface area (TPSA) is 119 Å². The molecule has 9 nitrogen and oxygen atoms in total. The predicted octanol–water partition coefficient (Wildman–Crippen LogP) is 4.45. The second-order valence-corrected chi connectivity index (χ2v) is 11.3. The molecule has 1 fully saturated rings. The molecule has 1 aliphatic rings. The highest BCUT2D eigenvalue weighted by Crippen LogP contribution is 2.38. The molecule has 3 heterocycles. The van der Waals surface area contributed by atoms with Crippen molar-refractivity contribution in [2.75, 3.05) is 13.1 Å². The fraction of sp³-hybridized carbons (Fsp3) is 0.400. The molecule has 5 rings (SSSR count). The van der Waals surface area contributed by atoms with Crippen LogP contribution < -0.4 is 11.3 Å². The molecular weight excluding hydrogens is 606 g/mol. The highest BCUT2D eigenvalue weighted by molar-refractivity contribution is 5.89. The SMILES string of the molecule is Cn1nc2c(=O)n(CC3(O)CCN(C(=O)CC(c4ccccc4)C(F)(F)F)CC3)cnc2c1-c1ccc([C@H](N)C(F)(F)F)cc1. The van der Waals surface area contributed by atoms with Crippen molar-refractivity contribution in [1.29, 1.82) is 0 Å². The van der Waals surface area contributed by atoms with Gasteiger partial charge in [-0.2, -0.15) is 31.4 Å². The summed E-state index contributed by atoms with van der Waals surface area (Å²) < 4.78 is 82.8. The molecule has 4 aromatic rings. The van der Waals surface area contributed by atoms with E-state index in [1.807, 2.05) is 0 Å². The Bertz CT molecular complexity index is 1730. The number of aliphatic hydroxyl groups is 1. The van der Waals surface area contributed by atoms with Gasteiger partial charge in [0.25, 0.3) is 5.56 Å². The Morgan fingerprint density at radius 1 is 0.956 bits per heavy atom. The number of aryl methyl sites for hydroxylation is 1. The van der Waals surface area contributed by atoms with E-state index >= 15 is 0 Å². The number of amides is 1. The molecule has 3 N–H and O–H groups in total. The van der Waals surface area contributed by atoms with E-state index < -0.39 is 47.8 Å². The first-order chi connectivity index (χ1) is 21.1. The van der Waals surface area contributed by atoms with Crippen molar-refractivity contribution in [2.45, 2.75) is 55.7 Å². The molecule has 1 saturated heterocycles. The number of fused-ring (bicyclic) bond motifs is 1. The van der Waals surface area contributed by atoms with Crippen molar-refractivity contribution in [1.82, 2.24) is 24.2 Å². The lowest BCUT2D eigenvalue weighted by atomic mass is 9.90. The van der Waals surface area contributed by atoms with Gasteiger partial charge < -0.3 is 15.7 Å². The monoisotopic (exact) mass is 636 g/mol. The van der Waals surface area contributed by atoms with Crippen LogP contribution in [0.15, 0.2) is 65.7 Å². The Labute approximate surface area is 252 Å². The first-order valence-electron chi connectivity index (χ1n) is 14.0. The molecule has 15 heteroatoms. The van der Waals surface area contributed by atoms with E-state index in [-0.39, 0.29) is 54.6 Å². The lowest BCUT2D eigenvalue weighted by Crippen LogP contribution is -2.50. The van der Waals surface area contributed by atoms with Gasteiger partial charge in [0.15, 0.2) is 5.52 Å². The minimum Gasteiger partial charge on any atom is -0.388 e. The standard InChI is InChI=1S/C30H30F6N6O3/c1-40-25(19-7-9-20(10-8-19)26(37)30(34,35)36)23-24(39-40)27(44)42(17-38-23)16-28(45)11-13-41(14-12-28)22(43)15-21(29(31,32)33)18-5-3-2-4-6-18/h2-10,17,21,26,45H,11-16,37H2,1H3/t21?,26-/m0/s1. The summed E-state index contributed by atoms with van der Waals surface area (Å²) in [5, 5.41) is 15.5. The molecule has 0 bridgehead atoms. The Kier molecular flexibility index (Phi) is 8.53. The maximum atomic E-state index is 13.8. The molecule has 1 amide bonds. The number of rotatable bonds is 7. The van der Waals surface area contributed by atoms with E-state index in [0.717, 1.165) is 0 Å². The molecule has 0 spiro atoms. The van der Waals surface area contributed by atoms with E-state index in [4.69, 9.17) is 5.73 Å². The van der Waals surface area contributed by atoms with E-state index in [9.17, 15) is 41.0 Å². The molecule has 1 unspecified atom stereocenters. The van der Waals surface area contributed by atoms with Crippen LogP contribution in [0.5, 0.6) is 0 Å². The summed E-state index contributed by atoms with van der Waals surface area (Å²) in [4.78, 5) is 31.8. The van der Waals surface area contributed by atoms with Crippen LogP contribution in [-0.2, 0) is 18.4 Å². The number of carbonyl (C=O) groups is 1. The van der Waals surface area contributed by atoms with Gasteiger partial charge in [-0.25, -0.2) is 4.98 Å². The lowest BCUT2D eigenvalue weighted by Gasteiger charge is -2.39. The molecule has 0 aliphatic carbocycles. The quantitative estimate of drug-likeness (QED) is 0.290. The molecule has 45 heavy (non-hydrogen) atoms. The van der Waals surface area contributed by atoms with Gasteiger partial charge in [0.2, 0.25) is 5.91 Å². The van der Waals surface area contributed by atoms with Crippen molar-refractivity contribution in [3.63, 3.8) is 0 Å². The number of piperidine rings is 1. The molecular formula is C30H30F6N6O3. The van der Waals surface area contributed by atoms with Gasteiger partial charge in [0, 0.05) is 32.1 Å². The maximum Gasteiger partial charge on any atom is 0.407 e. The highest BCUT2D eigenvalue weighted by atomic mass is 19.4.